The van der Waals surface area contributed by atoms with E-state index in [-0.39, 0.29) is 5.56 Å². The Hall–Kier alpha value is -1.55. The molecule has 0 aliphatic carbocycles. The van der Waals surface area contributed by atoms with E-state index in [0.29, 0.717) is 0 Å². The molecule has 0 aromatic heterocycles. The van der Waals surface area contributed by atoms with Crippen molar-refractivity contribution in [3.8, 4) is 0 Å². The number of carbonyl (C=O) groups is 2. The number of alkyl halides is 1. The third-order valence-corrected chi connectivity index (χ3v) is 2.26. The summed E-state index contributed by atoms with van der Waals surface area (Å²) < 4.78 is 0. The van der Waals surface area contributed by atoms with Crippen LogP contribution < -0.4 is 10.2 Å². The van der Waals surface area contributed by atoms with Crippen LogP contribution in [0.5, 0.6) is 0 Å². The van der Waals surface area contributed by atoms with Crippen molar-refractivity contribution in [2.45, 2.75) is 4.87 Å². The van der Waals surface area contributed by atoms with Gasteiger partial charge in [0.05, 0.1) is 11.9 Å². The third kappa shape index (κ3) is 1.56. The molecule has 0 radical (unpaired) electrons. The second-order valence-electron chi connectivity index (χ2n) is 2.60. The van der Waals surface area contributed by atoms with Gasteiger partial charge >= 0.3 is 0 Å². The van der Waals surface area contributed by atoms with Crippen LogP contribution in [0.1, 0.15) is 5.56 Å². The zero-order chi connectivity index (χ0) is 10.8. The van der Waals surface area contributed by atoms with Crippen LogP contribution in [0.15, 0.2) is 30.3 Å². The van der Waals surface area contributed by atoms with Crippen LogP contribution in [0.3, 0.4) is 0 Å². The number of benzene rings is 1. The molecule has 0 saturated heterocycles. The summed E-state index contributed by atoms with van der Waals surface area (Å²) in [7, 11) is 0. The van der Waals surface area contributed by atoms with E-state index in [1.54, 1.807) is 6.07 Å². The van der Waals surface area contributed by atoms with Gasteiger partial charge in [-0.25, -0.2) is 0 Å². The van der Waals surface area contributed by atoms with Crippen LogP contribution in [0.2, 0.25) is 0 Å². The Morgan fingerprint density at radius 3 is 1.86 bits per heavy atom. The Morgan fingerprint density at radius 2 is 1.50 bits per heavy atom. The number of hydrogen-bond acceptors (Lipinski definition) is 4. The molecule has 0 spiro atoms. The smallest absolute Gasteiger partial charge is 0.148 e. The van der Waals surface area contributed by atoms with Crippen LogP contribution in [0.4, 0.5) is 0 Å². The molecule has 1 aromatic carbocycles. The SMILES string of the molecule is O=C([O-])C(Cl)(C(=O)[O-])c1ccccc1. The fourth-order valence-corrected chi connectivity index (χ4v) is 1.11. The van der Waals surface area contributed by atoms with Crippen LogP contribution in [-0.2, 0) is 14.5 Å². The summed E-state index contributed by atoms with van der Waals surface area (Å²) in [5.74, 6) is -3.82. The monoisotopic (exact) mass is 212 g/mol. The highest BCUT2D eigenvalue weighted by Gasteiger charge is 2.32. The fourth-order valence-electron chi connectivity index (χ4n) is 0.987. The number of carbonyl (C=O) groups excluding carboxylic acids is 2. The summed E-state index contributed by atoms with van der Waals surface area (Å²) in [6, 6.07) is 7.10. The van der Waals surface area contributed by atoms with Gasteiger partial charge in [-0.05, 0) is 5.56 Å². The number of rotatable bonds is 3. The molecule has 0 saturated carbocycles. The molecule has 0 aliphatic rings. The maximum Gasteiger partial charge on any atom is 0.148 e. The standard InChI is InChI=1S/C9H7ClO4/c10-9(7(11)12,8(13)14)6-4-2-1-3-5-6/h1-5H,(H,11,12)(H,13,14)/p-2. The summed E-state index contributed by atoms with van der Waals surface area (Å²) in [5.41, 5.74) is -0.0957. The van der Waals surface area contributed by atoms with Gasteiger partial charge in [-0.2, -0.15) is 0 Å². The van der Waals surface area contributed by atoms with Crippen LogP contribution in [0.25, 0.3) is 0 Å². The second-order valence-corrected chi connectivity index (χ2v) is 3.17. The largest absolute Gasteiger partial charge is 0.547 e. The van der Waals surface area contributed by atoms with Crippen molar-refractivity contribution in [2.75, 3.05) is 0 Å². The van der Waals surface area contributed by atoms with Crippen LogP contribution in [0, 0.1) is 0 Å². The molecule has 0 aliphatic heterocycles. The first-order chi connectivity index (χ1) is 6.49. The van der Waals surface area contributed by atoms with E-state index < -0.39 is 16.8 Å². The van der Waals surface area contributed by atoms with Gasteiger partial charge in [0.2, 0.25) is 0 Å². The van der Waals surface area contributed by atoms with Crippen LogP contribution in [-0.4, -0.2) is 11.9 Å². The van der Waals surface area contributed by atoms with E-state index >= 15 is 0 Å². The summed E-state index contributed by atoms with van der Waals surface area (Å²) in [4.78, 5) is 18.6. The first kappa shape index (κ1) is 10.5. The number of carboxylic acid groups (broad SMARTS) is 2. The lowest BCUT2D eigenvalue weighted by molar-refractivity contribution is -0.329. The van der Waals surface area contributed by atoms with Crippen molar-refractivity contribution in [3.63, 3.8) is 0 Å². The number of halogens is 1. The fraction of sp³-hybridized carbons (Fsp3) is 0.111. The lowest BCUT2D eigenvalue weighted by atomic mass is 9.99. The quantitative estimate of drug-likeness (QED) is 0.457. The molecule has 0 heterocycles. The first-order valence-electron chi connectivity index (χ1n) is 3.67. The van der Waals surface area contributed by atoms with E-state index in [0.717, 1.165) is 0 Å². The van der Waals surface area contributed by atoms with Crippen LogP contribution >= 0.6 is 11.6 Å². The number of carboxylic acids is 2. The van der Waals surface area contributed by atoms with Gasteiger partial charge in [0.25, 0.3) is 0 Å². The summed E-state index contributed by atoms with van der Waals surface area (Å²) in [6.07, 6.45) is 0. The average molecular weight is 213 g/mol. The lowest BCUT2D eigenvalue weighted by Crippen LogP contribution is -2.53. The van der Waals surface area contributed by atoms with E-state index in [2.05, 4.69) is 0 Å². The molecule has 0 fully saturated rings. The van der Waals surface area contributed by atoms with E-state index in [1.165, 1.54) is 24.3 Å². The minimum absolute atomic E-state index is 0.0957. The number of aliphatic carboxylic acids is 2. The van der Waals surface area contributed by atoms with Gasteiger partial charge in [0, 0.05) is 0 Å². The van der Waals surface area contributed by atoms with Crippen molar-refractivity contribution in [1.29, 1.82) is 0 Å². The van der Waals surface area contributed by atoms with E-state index in [4.69, 9.17) is 11.6 Å². The molecule has 0 N–H and O–H groups in total. The van der Waals surface area contributed by atoms with Gasteiger partial charge in [0.15, 0.2) is 0 Å². The highest BCUT2D eigenvalue weighted by molar-refractivity contribution is 6.43. The highest BCUT2D eigenvalue weighted by atomic mass is 35.5. The van der Waals surface area contributed by atoms with Crippen molar-refractivity contribution in [2.24, 2.45) is 0 Å². The zero-order valence-corrected chi connectivity index (χ0v) is 7.65. The van der Waals surface area contributed by atoms with Gasteiger partial charge < -0.3 is 19.8 Å². The van der Waals surface area contributed by atoms with Crippen molar-refractivity contribution >= 4 is 23.5 Å². The molecule has 0 bridgehead atoms. The molecule has 4 nitrogen and oxygen atoms in total. The van der Waals surface area contributed by atoms with Crippen molar-refractivity contribution in [1.82, 2.24) is 0 Å². The average Bonchev–Trinajstić information content (AvgIpc) is 2.17. The molecule has 0 unspecified atom stereocenters. The predicted octanol–water partition coefficient (Wildman–Crippen LogP) is -1.38. The van der Waals surface area contributed by atoms with E-state index in [1.807, 2.05) is 0 Å². The normalized spacial score (nSPS) is 10.9. The Kier molecular flexibility index (Phi) is 2.76. The summed E-state index contributed by atoms with van der Waals surface area (Å²) in [6.45, 7) is 0. The number of hydrogen-bond donors (Lipinski definition) is 0. The lowest BCUT2D eigenvalue weighted by Gasteiger charge is -2.29. The van der Waals surface area contributed by atoms with Gasteiger partial charge in [0.1, 0.15) is 4.87 Å². The Balaban J connectivity index is 3.27. The summed E-state index contributed by atoms with van der Waals surface area (Å²) in [5, 5.41) is 21.2. The molecular weight excluding hydrogens is 208 g/mol. The molecule has 1 aromatic rings. The Bertz CT molecular complexity index is 346. The van der Waals surface area contributed by atoms with Crippen molar-refractivity contribution in [3.05, 3.63) is 35.9 Å². The van der Waals surface area contributed by atoms with E-state index in [9.17, 15) is 19.8 Å². The van der Waals surface area contributed by atoms with Crippen molar-refractivity contribution < 1.29 is 19.8 Å². The molecule has 74 valence electrons. The molecule has 14 heavy (non-hydrogen) atoms. The minimum atomic E-state index is -2.62. The first-order valence-corrected chi connectivity index (χ1v) is 4.04. The molecule has 5 heteroatoms. The highest BCUT2D eigenvalue weighted by Crippen LogP contribution is 2.27. The molecule has 0 atom stereocenters. The topological polar surface area (TPSA) is 80.3 Å². The van der Waals surface area contributed by atoms with Gasteiger partial charge in [-0.15, -0.1) is 11.6 Å². The third-order valence-electron chi connectivity index (χ3n) is 1.73. The Morgan fingerprint density at radius 1 is 1.07 bits per heavy atom. The summed E-state index contributed by atoms with van der Waals surface area (Å²) >= 11 is 5.41. The zero-order valence-electron chi connectivity index (χ0n) is 6.90. The molecular formula is C9H5ClO4-2. The van der Waals surface area contributed by atoms with Gasteiger partial charge in [-0.1, -0.05) is 30.3 Å². The van der Waals surface area contributed by atoms with Gasteiger partial charge in [-0.3, -0.25) is 0 Å². The molecule has 1 rings (SSSR count). The minimum Gasteiger partial charge on any atom is -0.547 e. The predicted molar refractivity (Wildman–Crippen MR) is 44.0 cm³/mol. The maximum atomic E-state index is 10.6. The Labute approximate surface area is 84.7 Å². The molecule has 0 amide bonds. The maximum absolute atomic E-state index is 10.6. The second kappa shape index (κ2) is 3.67.